The van der Waals surface area contributed by atoms with Gasteiger partial charge in [-0.05, 0) is 25.0 Å². The van der Waals surface area contributed by atoms with E-state index in [1.165, 1.54) is 18.4 Å². The second-order valence-corrected chi connectivity index (χ2v) is 7.31. The van der Waals surface area contributed by atoms with Gasteiger partial charge in [0.2, 0.25) is 5.91 Å². The summed E-state index contributed by atoms with van der Waals surface area (Å²) in [7, 11) is 1.34. The van der Waals surface area contributed by atoms with Crippen molar-refractivity contribution in [3.05, 3.63) is 16.5 Å². The van der Waals surface area contributed by atoms with Gasteiger partial charge in [0.1, 0.15) is 0 Å². The van der Waals surface area contributed by atoms with Crippen molar-refractivity contribution in [1.29, 1.82) is 0 Å². The van der Waals surface area contributed by atoms with Crippen molar-refractivity contribution in [2.24, 2.45) is 5.41 Å². The molecule has 2 N–H and O–H groups in total. The van der Waals surface area contributed by atoms with Crippen LogP contribution < -0.4 is 10.6 Å². The van der Waals surface area contributed by atoms with E-state index in [2.05, 4.69) is 15.4 Å². The summed E-state index contributed by atoms with van der Waals surface area (Å²) in [5, 5.41) is 6.25. The summed E-state index contributed by atoms with van der Waals surface area (Å²) in [6.45, 7) is 7.72. The predicted molar refractivity (Wildman–Crippen MR) is 90.7 cm³/mol. The minimum atomic E-state index is -0.492. The maximum Gasteiger partial charge on any atom is 0.305 e. The lowest BCUT2D eigenvalue weighted by atomic mass is 9.96. The number of anilines is 1. The molecular formula is C16H24N2O4S. The predicted octanol–water partition coefficient (Wildman–Crippen LogP) is 2.72. The normalized spacial score (nSPS) is 11.0. The Bertz CT molecular complexity index is 587. The smallest absolute Gasteiger partial charge is 0.305 e. The first-order valence-corrected chi connectivity index (χ1v) is 8.23. The SMILES string of the molecule is COC(=O)CCCNC(=O)c1sc(NC(=O)C(C)(C)C)cc1C. The number of methoxy groups -OCH3 is 1. The lowest BCUT2D eigenvalue weighted by Gasteiger charge is -2.16. The van der Waals surface area contributed by atoms with Crippen LogP contribution in [-0.4, -0.2) is 31.4 Å². The van der Waals surface area contributed by atoms with Crippen LogP contribution in [0.5, 0.6) is 0 Å². The molecule has 128 valence electrons. The number of hydrogen-bond donors (Lipinski definition) is 2. The number of aryl methyl sites for hydroxylation is 1. The van der Waals surface area contributed by atoms with Gasteiger partial charge in [-0.25, -0.2) is 0 Å². The van der Waals surface area contributed by atoms with E-state index in [9.17, 15) is 14.4 Å². The average Bonchev–Trinajstić information content (AvgIpc) is 2.82. The number of carbonyl (C=O) groups excluding carboxylic acids is 3. The van der Waals surface area contributed by atoms with Gasteiger partial charge >= 0.3 is 5.97 Å². The highest BCUT2D eigenvalue weighted by Crippen LogP contribution is 2.28. The highest BCUT2D eigenvalue weighted by molar-refractivity contribution is 7.18. The summed E-state index contributed by atoms with van der Waals surface area (Å²) >= 11 is 1.25. The molecule has 1 heterocycles. The Morgan fingerprint density at radius 2 is 1.91 bits per heavy atom. The molecule has 7 heteroatoms. The molecule has 0 radical (unpaired) electrons. The van der Waals surface area contributed by atoms with Crippen LogP contribution in [0.4, 0.5) is 5.00 Å². The number of rotatable bonds is 6. The lowest BCUT2D eigenvalue weighted by molar-refractivity contribution is -0.140. The molecule has 0 saturated heterocycles. The van der Waals surface area contributed by atoms with Gasteiger partial charge < -0.3 is 15.4 Å². The van der Waals surface area contributed by atoms with Crippen molar-refractivity contribution >= 4 is 34.1 Å². The van der Waals surface area contributed by atoms with E-state index < -0.39 is 5.41 Å². The Labute approximate surface area is 140 Å². The monoisotopic (exact) mass is 340 g/mol. The third kappa shape index (κ3) is 6.02. The number of esters is 1. The third-order valence-electron chi connectivity index (χ3n) is 3.11. The van der Waals surface area contributed by atoms with Gasteiger partial charge in [-0.3, -0.25) is 14.4 Å². The third-order valence-corrected chi connectivity index (χ3v) is 4.26. The maximum absolute atomic E-state index is 12.1. The molecule has 23 heavy (non-hydrogen) atoms. The molecule has 0 aliphatic carbocycles. The Kier molecular flexibility index (Phi) is 6.75. The van der Waals surface area contributed by atoms with Crippen LogP contribution in [-0.2, 0) is 14.3 Å². The summed E-state index contributed by atoms with van der Waals surface area (Å²) < 4.78 is 4.54. The first kappa shape index (κ1) is 19.2. The molecule has 1 aromatic heterocycles. The van der Waals surface area contributed by atoms with E-state index >= 15 is 0 Å². The Balaban J connectivity index is 2.58. The number of carbonyl (C=O) groups is 3. The first-order valence-electron chi connectivity index (χ1n) is 7.42. The number of amides is 2. The van der Waals surface area contributed by atoms with Crippen LogP contribution >= 0.6 is 11.3 Å². The zero-order valence-electron chi connectivity index (χ0n) is 14.2. The summed E-state index contributed by atoms with van der Waals surface area (Å²) in [5.41, 5.74) is 0.318. The van der Waals surface area contributed by atoms with Crippen molar-refractivity contribution in [2.75, 3.05) is 19.0 Å². The van der Waals surface area contributed by atoms with Gasteiger partial charge in [0.25, 0.3) is 5.91 Å². The number of hydrogen-bond acceptors (Lipinski definition) is 5. The van der Waals surface area contributed by atoms with Gasteiger partial charge in [0.05, 0.1) is 17.0 Å². The molecule has 0 aromatic carbocycles. The van der Waals surface area contributed by atoms with Gasteiger partial charge in [-0.15, -0.1) is 11.3 Å². The molecule has 0 spiro atoms. The average molecular weight is 340 g/mol. The Morgan fingerprint density at radius 3 is 2.48 bits per heavy atom. The van der Waals surface area contributed by atoms with Crippen molar-refractivity contribution < 1.29 is 19.1 Å². The number of nitrogens with one attached hydrogen (secondary N) is 2. The van der Waals surface area contributed by atoms with Crippen LogP contribution in [0.3, 0.4) is 0 Å². The summed E-state index contributed by atoms with van der Waals surface area (Å²) in [5.74, 6) is -0.587. The maximum atomic E-state index is 12.1. The highest BCUT2D eigenvalue weighted by Gasteiger charge is 2.23. The minimum absolute atomic E-state index is 0.0937. The zero-order valence-corrected chi connectivity index (χ0v) is 15.1. The van der Waals surface area contributed by atoms with Crippen LogP contribution in [0.25, 0.3) is 0 Å². The fraction of sp³-hybridized carbons (Fsp3) is 0.562. The van der Waals surface area contributed by atoms with Crippen molar-refractivity contribution in [3.63, 3.8) is 0 Å². The van der Waals surface area contributed by atoms with Crippen LogP contribution in [0.1, 0.15) is 48.8 Å². The molecule has 0 fully saturated rings. The van der Waals surface area contributed by atoms with Gasteiger partial charge in [0.15, 0.2) is 0 Å². The van der Waals surface area contributed by atoms with Crippen LogP contribution in [0.2, 0.25) is 0 Å². The second kappa shape index (κ2) is 8.10. The molecular weight excluding hydrogens is 316 g/mol. The molecule has 0 saturated carbocycles. The lowest BCUT2D eigenvalue weighted by Crippen LogP contribution is -2.27. The number of ether oxygens (including phenoxy) is 1. The first-order chi connectivity index (χ1) is 10.6. The van der Waals surface area contributed by atoms with Gasteiger partial charge in [0, 0.05) is 18.4 Å². The van der Waals surface area contributed by atoms with E-state index in [1.807, 2.05) is 27.7 Å². The molecule has 0 atom stereocenters. The Morgan fingerprint density at radius 1 is 1.26 bits per heavy atom. The topological polar surface area (TPSA) is 84.5 Å². The van der Waals surface area contributed by atoms with Crippen molar-refractivity contribution in [3.8, 4) is 0 Å². The van der Waals surface area contributed by atoms with E-state index in [0.29, 0.717) is 22.8 Å². The molecule has 2 amide bonds. The van der Waals surface area contributed by atoms with E-state index in [1.54, 1.807) is 6.07 Å². The van der Waals surface area contributed by atoms with E-state index in [4.69, 9.17) is 0 Å². The standard InChI is InChI=1S/C16H24N2O4S/c1-10-9-11(18-15(21)16(2,3)4)23-13(10)14(20)17-8-6-7-12(19)22-5/h9H,6-8H2,1-5H3,(H,17,20)(H,18,21). The van der Waals surface area contributed by atoms with Gasteiger partial charge in [-0.2, -0.15) is 0 Å². The summed E-state index contributed by atoms with van der Waals surface area (Å²) in [4.78, 5) is 35.7. The summed E-state index contributed by atoms with van der Waals surface area (Å²) in [6.07, 6.45) is 0.795. The van der Waals surface area contributed by atoms with Crippen LogP contribution in [0, 0.1) is 12.3 Å². The Hall–Kier alpha value is -1.89. The van der Waals surface area contributed by atoms with Crippen molar-refractivity contribution in [2.45, 2.75) is 40.5 Å². The zero-order chi connectivity index (χ0) is 17.6. The molecule has 0 unspecified atom stereocenters. The van der Waals surface area contributed by atoms with Gasteiger partial charge in [-0.1, -0.05) is 20.8 Å². The molecule has 0 bridgehead atoms. The molecule has 0 aliphatic heterocycles. The fourth-order valence-electron chi connectivity index (χ4n) is 1.69. The van der Waals surface area contributed by atoms with E-state index in [0.717, 1.165) is 5.56 Å². The molecule has 1 aromatic rings. The largest absolute Gasteiger partial charge is 0.469 e. The highest BCUT2D eigenvalue weighted by atomic mass is 32.1. The second-order valence-electron chi connectivity index (χ2n) is 6.26. The molecule has 1 rings (SSSR count). The number of thiophene rings is 1. The van der Waals surface area contributed by atoms with Crippen molar-refractivity contribution in [1.82, 2.24) is 5.32 Å². The fourth-order valence-corrected chi connectivity index (χ4v) is 2.67. The quantitative estimate of drug-likeness (QED) is 0.616. The van der Waals surface area contributed by atoms with E-state index in [-0.39, 0.29) is 24.2 Å². The molecule has 0 aliphatic rings. The van der Waals surface area contributed by atoms with Crippen LogP contribution in [0.15, 0.2) is 6.07 Å². The summed E-state index contributed by atoms with van der Waals surface area (Å²) in [6, 6.07) is 1.79. The minimum Gasteiger partial charge on any atom is -0.469 e. The molecule has 6 nitrogen and oxygen atoms in total.